The average molecular weight is 383 g/mol. The van der Waals surface area contributed by atoms with E-state index in [1.54, 1.807) is 24.3 Å². The second kappa shape index (κ2) is 6.96. The molecule has 1 aromatic heterocycles. The Balaban J connectivity index is 1.35. The fourth-order valence-corrected chi connectivity index (χ4v) is 4.51. The maximum Gasteiger partial charge on any atom is 0.279 e. The van der Waals surface area contributed by atoms with Gasteiger partial charge in [0.05, 0.1) is 16.0 Å². The van der Waals surface area contributed by atoms with Crippen LogP contribution in [0.1, 0.15) is 53.7 Å². The zero-order valence-electron chi connectivity index (χ0n) is 14.4. The Morgan fingerprint density at radius 1 is 1.00 bits per heavy atom. The molecule has 8 heteroatoms. The van der Waals surface area contributed by atoms with Crippen molar-refractivity contribution in [3.63, 3.8) is 0 Å². The van der Waals surface area contributed by atoms with Gasteiger partial charge < -0.3 is 0 Å². The molecule has 0 spiro atoms. The van der Waals surface area contributed by atoms with Gasteiger partial charge in [0.2, 0.25) is 0 Å². The number of rotatable bonds is 3. The molecular weight excluding hydrogens is 366 g/mol. The molecule has 0 saturated heterocycles. The van der Waals surface area contributed by atoms with Crippen LogP contribution in [0.3, 0.4) is 0 Å². The van der Waals surface area contributed by atoms with E-state index in [0.717, 1.165) is 30.6 Å². The highest BCUT2D eigenvalue weighted by Gasteiger charge is 2.36. The van der Waals surface area contributed by atoms with Crippen LogP contribution in [-0.2, 0) is 17.6 Å². The molecule has 0 unspecified atom stereocenters. The highest BCUT2D eigenvalue weighted by Crippen LogP contribution is 2.29. The molecule has 1 aliphatic carbocycles. The van der Waals surface area contributed by atoms with E-state index in [9.17, 15) is 19.2 Å². The third kappa shape index (κ3) is 3.23. The van der Waals surface area contributed by atoms with Crippen molar-refractivity contribution in [1.29, 1.82) is 0 Å². The molecule has 7 nitrogen and oxygen atoms in total. The van der Waals surface area contributed by atoms with Gasteiger partial charge in [0.25, 0.3) is 23.6 Å². The number of carbonyl (C=O) groups excluding carboxylic acids is 4. The summed E-state index contributed by atoms with van der Waals surface area (Å²) in [5, 5.41) is 0. The van der Waals surface area contributed by atoms with Crippen LogP contribution in [0.4, 0.5) is 0 Å². The maximum atomic E-state index is 12.3. The van der Waals surface area contributed by atoms with E-state index in [1.165, 1.54) is 21.8 Å². The van der Waals surface area contributed by atoms with Crippen LogP contribution in [0.15, 0.2) is 30.3 Å². The zero-order valence-corrected chi connectivity index (χ0v) is 15.2. The van der Waals surface area contributed by atoms with Crippen molar-refractivity contribution in [2.45, 2.75) is 25.7 Å². The average Bonchev–Trinajstić information content (AvgIpc) is 3.22. The first kappa shape index (κ1) is 17.4. The summed E-state index contributed by atoms with van der Waals surface area (Å²) in [4.78, 5) is 51.5. The van der Waals surface area contributed by atoms with Gasteiger partial charge >= 0.3 is 0 Å². The summed E-state index contributed by atoms with van der Waals surface area (Å²) in [6, 6.07) is 8.29. The normalized spacial score (nSPS) is 15.3. The highest BCUT2D eigenvalue weighted by atomic mass is 32.1. The summed E-state index contributed by atoms with van der Waals surface area (Å²) in [7, 11) is 0. The molecule has 1 aliphatic heterocycles. The molecule has 0 atom stereocenters. The van der Waals surface area contributed by atoms with Crippen LogP contribution in [0.25, 0.3) is 0 Å². The van der Waals surface area contributed by atoms with Crippen molar-refractivity contribution >= 4 is 35.0 Å². The minimum Gasteiger partial charge on any atom is -0.271 e. The Bertz CT molecular complexity index is 907. The summed E-state index contributed by atoms with van der Waals surface area (Å²) >= 11 is 1.44. The number of fused-ring (bicyclic) bond motifs is 2. The van der Waals surface area contributed by atoms with Gasteiger partial charge in [-0.1, -0.05) is 12.1 Å². The fourth-order valence-electron chi connectivity index (χ4n) is 3.36. The highest BCUT2D eigenvalue weighted by molar-refractivity contribution is 7.14. The SMILES string of the molecule is O=C(CN1C(=O)c2ccccc2C1=O)NNC(=O)c1cc2c(s1)CCCC2. The van der Waals surface area contributed by atoms with Crippen molar-refractivity contribution in [2.75, 3.05) is 6.54 Å². The third-order valence-electron chi connectivity index (χ3n) is 4.72. The largest absolute Gasteiger partial charge is 0.279 e. The van der Waals surface area contributed by atoms with Crippen molar-refractivity contribution in [2.24, 2.45) is 0 Å². The molecule has 1 aromatic carbocycles. The second-order valence-corrected chi connectivity index (χ2v) is 7.65. The smallest absolute Gasteiger partial charge is 0.271 e. The molecule has 0 fully saturated rings. The van der Waals surface area contributed by atoms with Crippen LogP contribution < -0.4 is 10.9 Å². The molecule has 4 amide bonds. The van der Waals surface area contributed by atoms with E-state index in [4.69, 9.17) is 0 Å². The number of imide groups is 1. The molecular formula is C19H17N3O4S. The van der Waals surface area contributed by atoms with E-state index in [0.29, 0.717) is 4.88 Å². The Kier molecular flexibility index (Phi) is 4.49. The number of nitrogens with one attached hydrogen (secondary N) is 2. The fraction of sp³-hybridized carbons (Fsp3) is 0.263. The lowest BCUT2D eigenvalue weighted by atomic mass is 9.99. The predicted octanol–water partition coefficient (Wildman–Crippen LogP) is 1.68. The van der Waals surface area contributed by atoms with Crippen LogP contribution in [0.2, 0.25) is 0 Å². The van der Waals surface area contributed by atoms with E-state index in [2.05, 4.69) is 10.9 Å². The van der Waals surface area contributed by atoms with Gasteiger partial charge in [0.15, 0.2) is 0 Å². The molecule has 0 saturated carbocycles. The topological polar surface area (TPSA) is 95.6 Å². The summed E-state index contributed by atoms with van der Waals surface area (Å²) in [5.41, 5.74) is 6.40. The molecule has 4 rings (SSSR count). The molecule has 2 aliphatic rings. The molecule has 0 bridgehead atoms. The number of aryl methyl sites for hydroxylation is 2. The zero-order chi connectivity index (χ0) is 19.0. The molecule has 2 aromatic rings. The minimum atomic E-state index is -0.640. The number of thiophene rings is 1. The molecule has 138 valence electrons. The molecule has 2 heterocycles. The quantitative estimate of drug-likeness (QED) is 0.623. The van der Waals surface area contributed by atoms with Gasteiger partial charge in [-0.25, -0.2) is 0 Å². The van der Waals surface area contributed by atoms with Gasteiger partial charge in [-0.2, -0.15) is 0 Å². The lowest BCUT2D eigenvalue weighted by Gasteiger charge is -2.13. The minimum absolute atomic E-state index is 0.281. The second-order valence-electron chi connectivity index (χ2n) is 6.51. The Morgan fingerprint density at radius 2 is 1.67 bits per heavy atom. The monoisotopic (exact) mass is 383 g/mol. The number of nitrogens with zero attached hydrogens (tertiary/aromatic N) is 1. The van der Waals surface area contributed by atoms with E-state index in [-0.39, 0.29) is 11.1 Å². The predicted molar refractivity (Wildman–Crippen MR) is 98.4 cm³/mol. The Labute approximate surface area is 159 Å². The first-order chi connectivity index (χ1) is 13.0. The van der Waals surface area contributed by atoms with E-state index < -0.39 is 30.2 Å². The van der Waals surface area contributed by atoms with Crippen molar-refractivity contribution < 1.29 is 19.2 Å². The van der Waals surface area contributed by atoms with Gasteiger partial charge in [0.1, 0.15) is 6.54 Å². The lowest BCUT2D eigenvalue weighted by Crippen LogP contribution is -2.47. The number of carbonyl (C=O) groups is 4. The van der Waals surface area contributed by atoms with Gasteiger partial charge in [0, 0.05) is 4.88 Å². The van der Waals surface area contributed by atoms with Crippen molar-refractivity contribution in [3.05, 3.63) is 56.8 Å². The Morgan fingerprint density at radius 3 is 2.33 bits per heavy atom. The molecule has 27 heavy (non-hydrogen) atoms. The van der Waals surface area contributed by atoms with Gasteiger partial charge in [-0.15, -0.1) is 11.3 Å². The number of benzene rings is 1. The number of hydrogen-bond donors (Lipinski definition) is 2. The number of hydrogen-bond acceptors (Lipinski definition) is 5. The third-order valence-corrected chi connectivity index (χ3v) is 5.95. The molecule has 2 N–H and O–H groups in total. The van der Waals surface area contributed by atoms with Crippen LogP contribution in [0.5, 0.6) is 0 Å². The van der Waals surface area contributed by atoms with Crippen LogP contribution >= 0.6 is 11.3 Å². The van der Waals surface area contributed by atoms with Crippen LogP contribution in [-0.4, -0.2) is 35.1 Å². The summed E-state index contributed by atoms with van der Waals surface area (Å²) in [6.45, 7) is -0.451. The standard InChI is InChI=1S/C19H17N3O4S/c23-16(10-22-18(25)12-6-2-3-7-13(12)19(22)26)20-21-17(24)15-9-11-5-1-4-8-14(11)27-15/h2-3,6-7,9H,1,4-5,8,10H2,(H,20,23)(H,21,24). The van der Waals surface area contributed by atoms with E-state index >= 15 is 0 Å². The summed E-state index contributed by atoms with van der Waals surface area (Å²) < 4.78 is 0. The van der Waals surface area contributed by atoms with Crippen molar-refractivity contribution in [1.82, 2.24) is 15.8 Å². The molecule has 0 radical (unpaired) electrons. The lowest BCUT2D eigenvalue weighted by molar-refractivity contribution is -0.122. The summed E-state index contributed by atoms with van der Waals surface area (Å²) in [5.74, 6) is -2.06. The first-order valence-electron chi connectivity index (χ1n) is 8.70. The van der Waals surface area contributed by atoms with E-state index in [1.807, 2.05) is 6.07 Å². The van der Waals surface area contributed by atoms with Crippen LogP contribution in [0, 0.1) is 0 Å². The maximum absolute atomic E-state index is 12.3. The Hall–Kier alpha value is -3.00. The van der Waals surface area contributed by atoms with Gasteiger partial charge in [-0.3, -0.25) is 34.9 Å². The van der Waals surface area contributed by atoms with Gasteiger partial charge in [-0.05, 0) is 49.4 Å². The summed E-state index contributed by atoms with van der Waals surface area (Å²) in [6.07, 6.45) is 4.22. The first-order valence-corrected chi connectivity index (χ1v) is 9.52. The van der Waals surface area contributed by atoms with Crippen molar-refractivity contribution in [3.8, 4) is 0 Å². The number of amides is 4. The number of hydrazine groups is 1.